The Hall–Kier alpha value is -0.600. The van der Waals surface area contributed by atoms with E-state index in [4.69, 9.17) is 5.73 Å². The molecule has 0 aromatic carbocycles. The van der Waals surface area contributed by atoms with Crippen LogP contribution in [0.25, 0.3) is 0 Å². The van der Waals surface area contributed by atoms with Gasteiger partial charge < -0.3 is 5.73 Å². The molecule has 2 nitrogen and oxygen atoms in total. The molecule has 0 aliphatic carbocycles. The third-order valence-electron chi connectivity index (χ3n) is 1.93. The van der Waals surface area contributed by atoms with Gasteiger partial charge in [0.15, 0.2) is 5.67 Å². The average Bonchev–Trinajstić information content (AvgIpc) is 1.81. The van der Waals surface area contributed by atoms with Crippen molar-refractivity contribution in [3.8, 4) is 0 Å². The fraction of sp³-hybridized carbons (Fsp3) is 0.857. The summed E-state index contributed by atoms with van der Waals surface area (Å²) in [6.45, 7) is 3.43. The molecule has 1 aliphatic rings. The van der Waals surface area contributed by atoms with E-state index >= 15 is 0 Å². The summed E-state index contributed by atoms with van der Waals surface area (Å²) in [7, 11) is 0. The van der Waals surface area contributed by atoms with Gasteiger partial charge in [0.25, 0.3) is 0 Å². The first-order valence-electron chi connectivity index (χ1n) is 3.55. The van der Waals surface area contributed by atoms with Gasteiger partial charge in [-0.25, -0.2) is 4.39 Å². The first-order chi connectivity index (χ1) is 4.52. The number of hydrogen-bond donors (Lipinski definition) is 1. The minimum Gasteiger partial charge on any atom is -0.385 e. The van der Waals surface area contributed by atoms with Crippen LogP contribution in [0, 0.1) is 0 Å². The molecule has 0 saturated carbocycles. The molecule has 10 heavy (non-hydrogen) atoms. The second kappa shape index (κ2) is 2.22. The molecule has 0 saturated heterocycles. The maximum Gasteiger partial charge on any atom is 0.164 e. The van der Waals surface area contributed by atoms with E-state index in [1.165, 1.54) is 6.92 Å². The number of rotatable bonds is 0. The van der Waals surface area contributed by atoms with Crippen molar-refractivity contribution in [1.82, 2.24) is 0 Å². The van der Waals surface area contributed by atoms with Crippen molar-refractivity contribution >= 4 is 5.84 Å². The van der Waals surface area contributed by atoms with E-state index < -0.39 is 5.67 Å². The van der Waals surface area contributed by atoms with Gasteiger partial charge in [-0.3, -0.25) is 4.99 Å². The Morgan fingerprint density at radius 2 is 2.40 bits per heavy atom. The fourth-order valence-corrected chi connectivity index (χ4v) is 1.04. The number of nitrogens with two attached hydrogens (primary N) is 1. The molecule has 0 radical (unpaired) electrons. The van der Waals surface area contributed by atoms with Gasteiger partial charge in [-0.2, -0.15) is 0 Å². The predicted octanol–water partition coefficient (Wildman–Crippen LogP) is 1.25. The van der Waals surface area contributed by atoms with Crippen LogP contribution in [0.5, 0.6) is 0 Å². The summed E-state index contributed by atoms with van der Waals surface area (Å²) in [6.07, 6.45) is 1.30. The molecule has 2 unspecified atom stereocenters. The van der Waals surface area contributed by atoms with E-state index in [0.29, 0.717) is 6.42 Å². The van der Waals surface area contributed by atoms with Gasteiger partial charge >= 0.3 is 0 Å². The lowest BCUT2D eigenvalue weighted by molar-refractivity contribution is 0.241. The predicted molar refractivity (Wildman–Crippen MR) is 39.8 cm³/mol. The van der Waals surface area contributed by atoms with Crippen LogP contribution in [0.4, 0.5) is 4.39 Å². The van der Waals surface area contributed by atoms with Gasteiger partial charge in [0.2, 0.25) is 0 Å². The van der Waals surface area contributed by atoms with Crippen molar-refractivity contribution in [2.45, 2.75) is 38.4 Å². The SMILES string of the molecule is CC1CCC(C)(F)C(N)=N1. The maximum absolute atomic E-state index is 13.2. The molecule has 58 valence electrons. The van der Waals surface area contributed by atoms with Crippen molar-refractivity contribution in [2.24, 2.45) is 10.7 Å². The molecular formula is C7H13FN2. The van der Waals surface area contributed by atoms with Crippen LogP contribution in [-0.4, -0.2) is 17.5 Å². The second-order valence-corrected chi connectivity index (χ2v) is 3.10. The number of aliphatic imine (C=N–C) groups is 1. The molecule has 0 aromatic rings. The highest BCUT2D eigenvalue weighted by molar-refractivity contribution is 5.89. The quantitative estimate of drug-likeness (QED) is 0.546. The molecule has 2 N–H and O–H groups in total. The first-order valence-corrected chi connectivity index (χ1v) is 3.55. The lowest BCUT2D eigenvalue weighted by Gasteiger charge is -2.26. The topological polar surface area (TPSA) is 38.4 Å². The Kier molecular flexibility index (Phi) is 1.67. The Morgan fingerprint density at radius 3 is 2.80 bits per heavy atom. The molecule has 1 heterocycles. The minimum atomic E-state index is -1.35. The molecule has 0 fully saturated rings. The lowest BCUT2D eigenvalue weighted by Crippen LogP contribution is -2.41. The van der Waals surface area contributed by atoms with Crippen LogP contribution >= 0.6 is 0 Å². The van der Waals surface area contributed by atoms with Crippen LogP contribution in [0.1, 0.15) is 26.7 Å². The minimum absolute atomic E-state index is 0.159. The largest absolute Gasteiger partial charge is 0.385 e. The Morgan fingerprint density at radius 1 is 1.80 bits per heavy atom. The first kappa shape index (κ1) is 7.51. The molecular weight excluding hydrogens is 131 g/mol. The zero-order valence-electron chi connectivity index (χ0n) is 6.39. The Balaban J connectivity index is 2.78. The van der Waals surface area contributed by atoms with Crippen molar-refractivity contribution in [2.75, 3.05) is 0 Å². The summed E-state index contributed by atoms with van der Waals surface area (Å²) >= 11 is 0. The van der Waals surface area contributed by atoms with Gasteiger partial charge in [-0.1, -0.05) is 0 Å². The third-order valence-corrected chi connectivity index (χ3v) is 1.93. The summed E-state index contributed by atoms with van der Waals surface area (Å²) in [5, 5.41) is 0. The molecule has 0 amide bonds. The molecule has 3 heteroatoms. The van der Waals surface area contributed by atoms with E-state index in [0.717, 1.165) is 6.42 Å². The van der Waals surface area contributed by atoms with E-state index in [1.807, 2.05) is 6.92 Å². The van der Waals surface area contributed by atoms with Crippen LogP contribution < -0.4 is 5.73 Å². The molecule has 2 atom stereocenters. The van der Waals surface area contributed by atoms with Gasteiger partial charge in [0, 0.05) is 6.04 Å². The molecule has 0 aromatic heterocycles. The number of nitrogens with zero attached hydrogens (tertiary/aromatic N) is 1. The van der Waals surface area contributed by atoms with Crippen molar-refractivity contribution in [3.05, 3.63) is 0 Å². The average molecular weight is 144 g/mol. The zero-order chi connectivity index (χ0) is 7.78. The van der Waals surface area contributed by atoms with Crippen LogP contribution in [-0.2, 0) is 0 Å². The highest BCUT2D eigenvalue weighted by atomic mass is 19.1. The molecule has 1 rings (SSSR count). The highest BCUT2D eigenvalue weighted by Crippen LogP contribution is 2.24. The molecule has 0 spiro atoms. The summed E-state index contributed by atoms with van der Waals surface area (Å²) in [6, 6.07) is 0.198. The lowest BCUT2D eigenvalue weighted by atomic mass is 9.95. The Labute approximate surface area is 60.3 Å². The zero-order valence-corrected chi connectivity index (χ0v) is 6.39. The van der Waals surface area contributed by atoms with E-state index in [1.54, 1.807) is 0 Å². The van der Waals surface area contributed by atoms with Crippen LogP contribution in [0.2, 0.25) is 0 Å². The highest BCUT2D eigenvalue weighted by Gasteiger charge is 2.32. The maximum atomic E-state index is 13.2. The number of hydrogen-bond acceptors (Lipinski definition) is 2. The number of halogens is 1. The smallest absolute Gasteiger partial charge is 0.164 e. The standard InChI is InChI=1S/C7H13FN2/c1-5-3-4-7(2,8)6(9)10-5/h5H,3-4H2,1-2H3,(H2,9,10). The van der Waals surface area contributed by atoms with Gasteiger partial charge in [-0.15, -0.1) is 0 Å². The van der Waals surface area contributed by atoms with Crippen LogP contribution in [0.3, 0.4) is 0 Å². The van der Waals surface area contributed by atoms with Crippen molar-refractivity contribution < 1.29 is 4.39 Å². The monoisotopic (exact) mass is 144 g/mol. The van der Waals surface area contributed by atoms with E-state index in [9.17, 15) is 4.39 Å². The summed E-state index contributed by atoms with van der Waals surface area (Å²) in [4.78, 5) is 3.95. The normalized spacial score (nSPS) is 41.1. The molecule has 1 aliphatic heterocycles. The fourth-order valence-electron chi connectivity index (χ4n) is 1.04. The second-order valence-electron chi connectivity index (χ2n) is 3.10. The van der Waals surface area contributed by atoms with Gasteiger partial charge in [-0.05, 0) is 26.7 Å². The van der Waals surface area contributed by atoms with Gasteiger partial charge in [0.05, 0.1) is 0 Å². The van der Waals surface area contributed by atoms with Crippen molar-refractivity contribution in [1.29, 1.82) is 0 Å². The number of alkyl halides is 1. The Bertz CT molecular complexity index is 163. The summed E-state index contributed by atoms with van der Waals surface area (Å²) < 4.78 is 13.2. The summed E-state index contributed by atoms with van der Waals surface area (Å²) in [5.74, 6) is 0.159. The molecule has 0 bridgehead atoms. The van der Waals surface area contributed by atoms with E-state index in [-0.39, 0.29) is 11.9 Å². The van der Waals surface area contributed by atoms with Gasteiger partial charge in [0.1, 0.15) is 5.84 Å². The number of amidine groups is 1. The van der Waals surface area contributed by atoms with Crippen molar-refractivity contribution in [3.63, 3.8) is 0 Å². The van der Waals surface area contributed by atoms with E-state index in [2.05, 4.69) is 4.99 Å². The van der Waals surface area contributed by atoms with Crippen LogP contribution in [0.15, 0.2) is 4.99 Å². The summed E-state index contributed by atoms with van der Waals surface area (Å²) in [5.41, 5.74) is 4.02. The third kappa shape index (κ3) is 1.28.